The first-order valence-electron chi connectivity index (χ1n) is 8.73. The number of hydrogen-bond donors (Lipinski definition) is 1. The van der Waals surface area contributed by atoms with E-state index in [1.165, 1.54) is 37.6 Å². The predicted molar refractivity (Wildman–Crippen MR) is 117 cm³/mol. The van der Waals surface area contributed by atoms with Crippen LogP contribution >= 0.6 is 23.2 Å². The van der Waals surface area contributed by atoms with Gasteiger partial charge in [0.2, 0.25) is 11.2 Å². The number of benzene rings is 2. The van der Waals surface area contributed by atoms with Gasteiger partial charge in [-0.1, -0.05) is 23.7 Å². The van der Waals surface area contributed by atoms with Gasteiger partial charge in [-0.25, -0.2) is 22.8 Å². The van der Waals surface area contributed by atoms with E-state index in [4.69, 9.17) is 27.9 Å². The van der Waals surface area contributed by atoms with Crippen molar-refractivity contribution < 1.29 is 17.5 Å². The highest BCUT2D eigenvalue weighted by molar-refractivity contribution is 7.92. The van der Waals surface area contributed by atoms with E-state index in [2.05, 4.69) is 19.7 Å². The van der Waals surface area contributed by atoms with Crippen LogP contribution in [0.5, 0.6) is 5.88 Å². The lowest BCUT2D eigenvalue weighted by Gasteiger charge is -2.13. The summed E-state index contributed by atoms with van der Waals surface area (Å²) in [5.41, 5.74) is 0.972. The number of sulfonamides is 1. The Bertz CT molecular complexity index is 1420. The van der Waals surface area contributed by atoms with Crippen LogP contribution in [0.15, 0.2) is 59.6 Å². The van der Waals surface area contributed by atoms with Crippen molar-refractivity contribution in [1.29, 1.82) is 0 Å². The quantitative estimate of drug-likeness (QED) is 0.408. The highest BCUT2D eigenvalue weighted by atomic mass is 35.5. The van der Waals surface area contributed by atoms with Crippen LogP contribution in [0.3, 0.4) is 0 Å². The Labute approximate surface area is 186 Å². The molecular weight excluding hydrogens is 466 g/mol. The van der Waals surface area contributed by atoms with Crippen LogP contribution in [0, 0.1) is 5.82 Å². The van der Waals surface area contributed by atoms with Crippen LogP contribution < -0.4 is 9.46 Å². The Balaban J connectivity index is 1.73. The third kappa shape index (κ3) is 4.25. The van der Waals surface area contributed by atoms with Crippen LogP contribution in [0.25, 0.3) is 22.0 Å². The van der Waals surface area contributed by atoms with E-state index in [0.29, 0.717) is 16.5 Å². The lowest BCUT2D eigenvalue weighted by atomic mass is 10.0. The molecule has 31 heavy (non-hydrogen) atoms. The average Bonchev–Trinajstić information content (AvgIpc) is 2.74. The van der Waals surface area contributed by atoms with E-state index in [-0.39, 0.29) is 32.4 Å². The van der Waals surface area contributed by atoms with E-state index in [1.54, 1.807) is 24.3 Å². The van der Waals surface area contributed by atoms with Gasteiger partial charge in [0.15, 0.2) is 0 Å². The van der Waals surface area contributed by atoms with E-state index in [1.807, 2.05) is 0 Å². The van der Waals surface area contributed by atoms with E-state index >= 15 is 0 Å². The molecule has 0 aliphatic rings. The zero-order chi connectivity index (χ0) is 22.2. The SMILES string of the molecule is COc1nc(NS(=O)(=O)c2ccccc2Cl)ccc1-c1cc(F)c2nc(Cl)ncc2c1. The Morgan fingerprint density at radius 2 is 1.84 bits per heavy atom. The van der Waals surface area contributed by atoms with Crippen LogP contribution in [-0.4, -0.2) is 30.5 Å². The Morgan fingerprint density at radius 1 is 1.06 bits per heavy atom. The fourth-order valence-corrected chi connectivity index (χ4v) is 4.62. The molecule has 11 heteroatoms. The summed E-state index contributed by atoms with van der Waals surface area (Å²) in [6.45, 7) is 0. The number of hydrogen-bond acceptors (Lipinski definition) is 6. The topological polar surface area (TPSA) is 94.1 Å². The molecule has 0 spiro atoms. The molecule has 4 aromatic rings. The molecule has 4 rings (SSSR count). The number of rotatable bonds is 5. The predicted octanol–water partition coefficient (Wildman–Crippen LogP) is 4.95. The fourth-order valence-electron chi connectivity index (χ4n) is 2.96. The average molecular weight is 479 g/mol. The van der Waals surface area contributed by atoms with Gasteiger partial charge in [-0.15, -0.1) is 0 Å². The molecule has 0 radical (unpaired) electrons. The number of nitrogens with zero attached hydrogens (tertiary/aromatic N) is 3. The lowest BCUT2D eigenvalue weighted by Crippen LogP contribution is -2.14. The molecule has 7 nitrogen and oxygen atoms in total. The van der Waals surface area contributed by atoms with Gasteiger partial charge < -0.3 is 4.74 Å². The van der Waals surface area contributed by atoms with Crippen molar-refractivity contribution in [3.8, 4) is 17.0 Å². The summed E-state index contributed by atoms with van der Waals surface area (Å²) in [7, 11) is -2.60. The number of ether oxygens (including phenoxy) is 1. The van der Waals surface area contributed by atoms with E-state index < -0.39 is 15.8 Å². The van der Waals surface area contributed by atoms with Gasteiger partial charge in [0.05, 0.1) is 12.1 Å². The summed E-state index contributed by atoms with van der Waals surface area (Å²) in [4.78, 5) is 11.9. The van der Waals surface area contributed by atoms with Crippen molar-refractivity contribution in [2.75, 3.05) is 11.8 Å². The van der Waals surface area contributed by atoms with Crippen LogP contribution in [0.2, 0.25) is 10.3 Å². The first-order chi connectivity index (χ1) is 14.8. The van der Waals surface area contributed by atoms with Gasteiger partial charge in [-0.05, 0) is 53.6 Å². The van der Waals surface area contributed by atoms with E-state index in [9.17, 15) is 12.8 Å². The molecule has 1 N–H and O–H groups in total. The smallest absolute Gasteiger partial charge is 0.264 e. The molecule has 0 bridgehead atoms. The zero-order valence-corrected chi connectivity index (χ0v) is 18.1. The number of fused-ring (bicyclic) bond motifs is 1. The monoisotopic (exact) mass is 478 g/mol. The maximum Gasteiger partial charge on any atom is 0.264 e. The molecule has 2 heterocycles. The molecule has 0 saturated carbocycles. The minimum Gasteiger partial charge on any atom is -0.480 e. The molecular formula is C20H13Cl2FN4O3S. The number of nitrogens with one attached hydrogen (secondary N) is 1. The molecule has 0 amide bonds. The fraction of sp³-hybridized carbons (Fsp3) is 0.0500. The zero-order valence-electron chi connectivity index (χ0n) is 15.8. The molecule has 0 unspecified atom stereocenters. The summed E-state index contributed by atoms with van der Waals surface area (Å²) in [6, 6.07) is 11.9. The van der Waals surface area contributed by atoms with Crippen LogP contribution in [-0.2, 0) is 10.0 Å². The largest absolute Gasteiger partial charge is 0.480 e. The van der Waals surface area contributed by atoms with Gasteiger partial charge >= 0.3 is 0 Å². The molecule has 0 aliphatic carbocycles. The molecule has 0 atom stereocenters. The maximum atomic E-state index is 14.6. The van der Waals surface area contributed by atoms with Gasteiger partial charge in [0.1, 0.15) is 22.0 Å². The molecule has 0 fully saturated rings. The first-order valence-corrected chi connectivity index (χ1v) is 11.0. The van der Waals surface area contributed by atoms with Crippen molar-refractivity contribution in [1.82, 2.24) is 15.0 Å². The van der Waals surface area contributed by atoms with Crippen molar-refractivity contribution in [2.45, 2.75) is 4.90 Å². The van der Waals surface area contributed by atoms with Crippen molar-refractivity contribution in [2.24, 2.45) is 0 Å². The van der Waals surface area contributed by atoms with Gasteiger partial charge in [-0.3, -0.25) is 4.72 Å². The maximum absolute atomic E-state index is 14.6. The van der Waals surface area contributed by atoms with Crippen molar-refractivity contribution in [3.63, 3.8) is 0 Å². The summed E-state index contributed by atoms with van der Waals surface area (Å²) in [6.07, 6.45) is 1.41. The van der Waals surface area contributed by atoms with Crippen molar-refractivity contribution in [3.05, 3.63) is 70.9 Å². The second-order valence-electron chi connectivity index (χ2n) is 6.32. The Morgan fingerprint density at radius 3 is 2.58 bits per heavy atom. The number of methoxy groups -OCH3 is 1. The van der Waals surface area contributed by atoms with Gasteiger partial charge in [0, 0.05) is 17.1 Å². The highest BCUT2D eigenvalue weighted by Gasteiger charge is 2.20. The first kappa shape index (κ1) is 21.2. The van der Waals surface area contributed by atoms with Crippen LogP contribution in [0.1, 0.15) is 0 Å². The van der Waals surface area contributed by atoms with Gasteiger partial charge in [-0.2, -0.15) is 4.98 Å². The Kier molecular flexibility index (Phi) is 5.65. The molecule has 158 valence electrons. The summed E-state index contributed by atoms with van der Waals surface area (Å²) >= 11 is 11.7. The number of anilines is 1. The van der Waals surface area contributed by atoms with Crippen molar-refractivity contribution >= 4 is 49.9 Å². The molecule has 0 saturated heterocycles. The summed E-state index contributed by atoms with van der Waals surface area (Å²) < 4.78 is 47.5. The summed E-state index contributed by atoms with van der Waals surface area (Å²) in [5.74, 6) is -0.493. The van der Waals surface area contributed by atoms with Gasteiger partial charge in [0.25, 0.3) is 10.0 Å². The highest BCUT2D eigenvalue weighted by Crippen LogP contribution is 2.33. The second-order valence-corrected chi connectivity index (χ2v) is 8.72. The number of aromatic nitrogens is 3. The Hall–Kier alpha value is -3.01. The molecule has 0 aliphatic heterocycles. The third-order valence-corrected chi connectivity index (χ3v) is 6.37. The minimum absolute atomic E-state index is 0.0110. The van der Waals surface area contributed by atoms with E-state index in [0.717, 1.165) is 0 Å². The number of pyridine rings is 1. The molecule has 2 aromatic carbocycles. The summed E-state index contributed by atoms with van der Waals surface area (Å²) in [5, 5.41) is 0.450. The standard InChI is InChI=1S/C20H13Cl2FN4O3S/c1-30-19-13(11-8-12-10-24-20(22)26-18(12)15(23)9-11)6-7-17(25-19)27-31(28,29)16-5-3-2-4-14(16)21/h2-10H,1H3,(H,25,27). The number of halogens is 3. The minimum atomic E-state index is -3.98. The molecule has 2 aromatic heterocycles. The third-order valence-electron chi connectivity index (χ3n) is 4.34. The van der Waals surface area contributed by atoms with Crippen LogP contribution in [0.4, 0.5) is 10.2 Å². The second kappa shape index (κ2) is 8.26. The lowest BCUT2D eigenvalue weighted by molar-refractivity contribution is 0.400. The normalized spacial score (nSPS) is 11.5.